The van der Waals surface area contributed by atoms with Crippen LogP contribution < -0.4 is 16.8 Å². The molecule has 8 nitrogen and oxygen atoms in total. The minimum atomic E-state index is -1.38. The Morgan fingerprint density at radius 3 is 2.61 bits per heavy atom. The van der Waals surface area contributed by atoms with Crippen molar-refractivity contribution in [3.05, 3.63) is 36.0 Å². The summed E-state index contributed by atoms with van der Waals surface area (Å²) in [7, 11) is 0. The molecule has 0 aliphatic carbocycles. The van der Waals surface area contributed by atoms with Crippen LogP contribution in [0.4, 0.5) is 0 Å². The van der Waals surface area contributed by atoms with Gasteiger partial charge in [0.1, 0.15) is 6.04 Å². The minimum absolute atomic E-state index is 0.235. The van der Waals surface area contributed by atoms with E-state index in [4.69, 9.17) is 16.6 Å². The van der Waals surface area contributed by atoms with Crippen molar-refractivity contribution in [3.8, 4) is 0 Å². The summed E-state index contributed by atoms with van der Waals surface area (Å²) in [5.74, 6) is -2.80. The van der Waals surface area contributed by atoms with E-state index in [2.05, 4.69) is 10.3 Å². The fourth-order valence-electron chi connectivity index (χ4n) is 2.31. The summed E-state index contributed by atoms with van der Waals surface area (Å²) < 4.78 is 0. The summed E-state index contributed by atoms with van der Waals surface area (Å²) in [5, 5.41) is 12.2. The Balaban J connectivity index is 2.04. The second-order valence-corrected chi connectivity index (χ2v) is 5.24. The number of amides is 2. The first-order valence-corrected chi connectivity index (χ1v) is 7.00. The number of carbonyl (C=O) groups is 3. The molecule has 0 saturated heterocycles. The van der Waals surface area contributed by atoms with Gasteiger partial charge < -0.3 is 26.9 Å². The lowest BCUT2D eigenvalue weighted by molar-refractivity contribution is -0.143. The molecule has 7 N–H and O–H groups in total. The van der Waals surface area contributed by atoms with Crippen molar-refractivity contribution in [1.82, 2.24) is 10.3 Å². The Kier molecular flexibility index (Phi) is 4.97. The first-order chi connectivity index (χ1) is 10.9. The van der Waals surface area contributed by atoms with Crippen LogP contribution in [0.1, 0.15) is 12.0 Å². The van der Waals surface area contributed by atoms with Crippen molar-refractivity contribution in [2.24, 2.45) is 11.5 Å². The lowest BCUT2D eigenvalue weighted by Gasteiger charge is -2.16. The second kappa shape index (κ2) is 6.93. The zero-order valence-corrected chi connectivity index (χ0v) is 12.3. The number of rotatable bonds is 7. The molecule has 2 unspecified atom stereocenters. The van der Waals surface area contributed by atoms with E-state index in [1.165, 1.54) is 0 Å². The highest BCUT2D eigenvalue weighted by Gasteiger charge is 2.25. The summed E-state index contributed by atoms with van der Waals surface area (Å²) in [6, 6.07) is 5.24. The molecule has 23 heavy (non-hydrogen) atoms. The average Bonchev–Trinajstić information content (AvgIpc) is 2.89. The van der Waals surface area contributed by atoms with E-state index in [0.29, 0.717) is 0 Å². The van der Waals surface area contributed by atoms with Gasteiger partial charge in [-0.05, 0) is 18.1 Å². The van der Waals surface area contributed by atoms with Gasteiger partial charge >= 0.3 is 5.97 Å². The number of aliphatic carboxylic acids is 1. The van der Waals surface area contributed by atoms with Gasteiger partial charge in [-0.3, -0.25) is 9.59 Å². The molecule has 2 aromatic rings. The molecule has 2 amide bonds. The van der Waals surface area contributed by atoms with Gasteiger partial charge in [-0.2, -0.15) is 0 Å². The quantitative estimate of drug-likeness (QED) is 0.465. The van der Waals surface area contributed by atoms with Gasteiger partial charge in [0.15, 0.2) is 0 Å². The number of hydrogen-bond donors (Lipinski definition) is 5. The topological polar surface area (TPSA) is 151 Å². The van der Waals surface area contributed by atoms with Crippen LogP contribution in [0.3, 0.4) is 0 Å². The highest BCUT2D eigenvalue weighted by molar-refractivity contribution is 5.91. The van der Waals surface area contributed by atoms with Crippen molar-refractivity contribution in [3.63, 3.8) is 0 Å². The first-order valence-electron chi connectivity index (χ1n) is 7.00. The van der Waals surface area contributed by atoms with Gasteiger partial charge in [0, 0.05) is 17.1 Å². The van der Waals surface area contributed by atoms with Crippen molar-refractivity contribution >= 4 is 28.7 Å². The summed E-state index contributed by atoms with van der Waals surface area (Å²) in [6.45, 7) is 0. The Hall–Kier alpha value is -2.87. The lowest BCUT2D eigenvalue weighted by Crippen LogP contribution is -2.50. The van der Waals surface area contributed by atoms with E-state index >= 15 is 0 Å². The number of para-hydroxylation sites is 1. The van der Waals surface area contributed by atoms with Gasteiger partial charge in [-0.15, -0.1) is 0 Å². The van der Waals surface area contributed by atoms with E-state index in [1.54, 1.807) is 6.20 Å². The normalized spacial score (nSPS) is 13.4. The molecule has 1 heterocycles. The van der Waals surface area contributed by atoms with Crippen molar-refractivity contribution in [1.29, 1.82) is 0 Å². The number of carboxylic acids is 1. The molecule has 0 aliphatic heterocycles. The Morgan fingerprint density at radius 1 is 1.26 bits per heavy atom. The highest BCUT2D eigenvalue weighted by Crippen LogP contribution is 2.18. The zero-order chi connectivity index (χ0) is 17.0. The van der Waals surface area contributed by atoms with Crippen LogP contribution in [-0.2, 0) is 20.8 Å². The maximum atomic E-state index is 12.0. The number of H-pyrrole nitrogens is 1. The Bertz CT molecular complexity index is 740. The van der Waals surface area contributed by atoms with Crippen LogP contribution in [0.15, 0.2) is 30.5 Å². The minimum Gasteiger partial charge on any atom is -0.480 e. The Morgan fingerprint density at radius 2 is 1.96 bits per heavy atom. The molecular formula is C15H18N4O4. The van der Waals surface area contributed by atoms with Gasteiger partial charge in [-0.1, -0.05) is 18.2 Å². The number of fused-ring (bicyclic) bond motifs is 1. The fraction of sp³-hybridized carbons (Fsp3) is 0.267. The van der Waals surface area contributed by atoms with E-state index in [9.17, 15) is 14.4 Å². The molecule has 0 fully saturated rings. The molecule has 2 atom stereocenters. The first kappa shape index (κ1) is 16.5. The third-order valence-electron chi connectivity index (χ3n) is 3.47. The van der Waals surface area contributed by atoms with Crippen LogP contribution in [-0.4, -0.2) is 40.0 Å². The Labute approximate surface area is 131 Å². The maximum Gasteiger partial charge on any atom is 0.326 e. The van der Waals surface area contributed by atoms with Gasteiger partial charge in [0.2, 0.25) is 11.8 Å². The molecule has 1 aromatic carbocycles. The molecule has 0 radical (unpaired) electrons. The van der Waals surface area contributed by atoms with Crippen molar-refractivity contribution in [2.45, 2.75) is 24.9 Å². The summed E-state index contributed by atoms with van der Waals surface area (Å²) in [4.78, 5) is 37.0. The number of nitrogens with two attached hydrogens (primary N) is 2. The van der Waals surface area contributed by atoms with E-state index < -0.39 is 36.3 Å². The van der Waals surface area contributed by atoms with Crippen molar-refractivity contribution in [2.75, 3.05) is 0 Å². The van der Waals surface area contributed by atoms with Crippen LogP contribution in [0.5, 0.6) is 0 Å². The van der Waals surface area contributed by atoms with Gasteiger partial charge in [0.05, 0.1) is 12.5 Å². The van der Waals surface area contributed by atoms with E-state index in [0.717, 1.165) is 16.5 Å². The number of primary amides is 1. The lowest BCUT2D eigenvalue weighted by atomic mass is 10.0. The van der Waals surface area contributed by atoms with E-state index in [1.807, 2.05) is 24.3 Å². The van der Waals surface area contributed by atoms with Crippen LogP contribution in [0.25, 0.3) is 10.9 Å². The number of carbonyl (C=O) groups excluding carboxylic acids is 2. The van der Waals surface area contributed by atoms with E-state index in [-0.39, 0.29) is 6.42 Å². The summed E-state index contributed by atoms with van der Waals surface area (Å²) >= 11 is 0. The predicted molar refractivity (Wildman–Crippen MR) is 83.4 cm³/mol. The van der Waals surface area contributed by atoms with Crippen molar-refractivity contribution < 1.29 is 19.5 Å². The zero-order valence-electron chi connectivity index (χ0n) is 12.3. The summed E-state index contributed by atoms with van der Waals surface area (Å²) in [5.41, 5.74) is 12.6. The highest BCUT2D eigenvalue weighted by atomic mass is 16.4. The summed E-state index contributed by atoms with van der Waals surface area (Å²) in [6.07, 6.45) is 1.51. The fourth-order valence-corrected chi connectivity index (χ4v) is 2.31. The van der Waals surface area contributed by atoms with Crippen LogP contribution in [0, 0.1) is 0 Å². The molecule has 0 saturated carbocycles. The van der Waals surface area contributed by atoms with Gasteiger partial charge in [-0.25, -0.2) is 4.79 Å². The largest absolute Gasteiger partial charge is 0.480 e. The molecule has 0 bridgehead atoms. The average molecular weight is 318 g/mol. The molecule has 0 aliphatic rings. The van der Waals surface area contributed by atoms with Crippen LogP contribution in [0.2, 0.25) is 0 Å². The number of carboxylic acid groups (broad SMARTS) is 1. The predicted octanol–water partition coefficient (Wildman–Crippen LogP) is -0.517. The standard InChI is InChI=1S/C15H18N4O4/c16-10(14(21)19-12(15(22)23)6-13(17)20)5-8-7-18-11-4-2-1-3-9(8)11/h1-4,7,10,12,18H,5-6,16H2,(H2,17,20)(H,19,21)(H,22,23). The number of nitrogens with one attached hydrogen (secondary N) is 2. The molecular weight excluding hydrogens is 300 g/mol. The third-order valence-corrected chi connectivity index (χ3v) is 3.47. The maximum absolute atomic E-state index is 12.0. The number of benzene rings is 1. The third kappa shape index (κ3) is 4.07. The van der Waals surface area contributed by atoms with Crippen LogP contribution >= 0.6 is 0 Å². The number of aromatic amines is 1. The molecule has 8 heteroatoms. The monoisotopic (exact) mass is 318 g/mol. The SMILES string of the molecule is NC(=O)CC(NC(=O)C(N)Cc1c[nH]c2ccccc12)C(=O)O. The molecule has 0 spiro atoms. The molecule has 122 valence electrons. The van der Waals surface area contributed by atoms with Gasteiger partial charge in [0.25, 0.3) is 0 Å². The molecule has 2 rings (SSSR count). The smallest absolute Gasteiger partial charge is 0.326 e. The number of aromatic nitrogens is 1. The molecule has 1 aromatic heterocycles. The number of hydrogen-bond acceptors (Lipinski definition) is 4. The second-order valence-electron chi connectivity index (χ2n) is 5.24.